The van der Waals surface area contributed by atoms with Gasteiger partial charge in [0.15, 0.2) is 5.96 Å². The minimum atomic E-state index is -0.705. The highest BCUT2D eigenvalue weighted by molar-refractivity contribution is 5.80. The van der Waals surface area contributed by atoms with Gasteiger partial charge in [0.1, 0.15) is 0 Å². The SMILES string of the molecule is CCC(C)(O)CNC(=NC)NC1C2CCCOC2C1(C)C. The third kappa shape index (κ3) is 3.34. The molecule has 122 valence electrons. The van der Waals surface area contributed by atoms with Crippen LogP contribution in [0.5, 0.6) is 0 Å². The first-order valence-corrected chi connectivity index (χ1v) is 8.13. The van der Waals surface area contributed by atoms with Crippen LogP contribution < -0.4 is 10.6 Å². The van der Waals surface area contributed by atoms with Crippen LogP contribution in [0, 0.1) is 11.3 Å². The molecule has 2 rings (SSSR count). The lowest BCUT2D eigenvalue weighted by atomic mass is 9.55. The summed E-state index contributed by atoms with van der Waals surface area (Å²) in [7, 11) is 1.77. The molecule has 21 heavy (non-hydrogen) atoms. The number of ether oxygens (including phenoxy) is 1. The van der Waals surface area contributed by atoms with E-state index in [1.807, 2.05) is 13.8 Å². The van der Waals surface area contributed by atoms with Gasteiger partial charge >= 0.3 is 0 Å². The summed E-state index contributed by atoms with van der Waals surface area (Å²) in [6.07, 6.45) is 3.44. The standard InChI is InChI=1S/C16H31N3O2/c1-6-16(4,20)10-18-14(17-5)19-12-11-8-7-9-21-13(11)15(12,2)3/h11-13,20H,6-10H2,1-5H3,(H2,17,18,19). The van der Waals surface area contributed by atoms with Crippen LogP contribution >= 0.6 is 0 Å². The summed E-state index contributed by atoms with van der Waals surface area (Å²) in [5.74, 6) is 1.34. The Morgan fingerprint density at radius 2 is 2.19 bits per heavy atom. The van der Waals surface area contributed by atoms with Gasteiger partial charge in [0.05, 0.1) is 11.7 Å². The molecule has 1 saturated heterocycles. The normalized spacial score (nSPS) is 34.4. The Kier molecular flexibility index (Phi) is 4.83. The fourth-order valence-corrected chi connectivity index (χ4v) is 3.56. The predicted octanol–water partition coefficient (Wildman–Crippen LogP) is 1.52. The van der Waals surface area contributed by atoms with E-state index < -0.39 is 5.60 Å². The Morgan fingerprint density at radius 1 is 1.48 bits per heavy atom. The number of guanidine groups is 1. The molecule has 2 aliphatic rings. The molecular weight excluding hydrogens is 266 g/mol. The first-order valence-electron chi connectivity index (χ1n) is 8.13. The highest BCUT2D eigenvalue weighted by Crippen LogP contribution is 2.51. The topological polar surface area (TPSA) is 65.9 Å². The van der Waals surface area contributed by atoms with Crippen LogP contribution in [-0.2, 0) is 4.74 Å². The Morgan fingerprint density at radius 3 is 2.81 bits per heavy atom. The molecule has 0 spiro atoms. The van der Waals surface area contributed by atoms with Crippen molar-refractivity contribution in [1.82, 2.24) is 10.6 Å². The molecule has 1 saturated carbocycles. The first kappa shape index (κ1) is 16.6. The molecule has 0 bridgehead atoms. The van der Waals surface area contributed by atoms with Crippen molar-refractivity contribution < 1.29 is 9.84 Å². The number of aliphatic imine (C=N–C) groups is 1. The minimum absolute atomic E-state index is 0.121. The molecule has 1 heterocycles. The highest BCUT2D eigenvalue weighted by Gasteiger charge is 2.58. The molecular formula is C16H31N3O2. The van der Waals surface area contributed by atoms with Gasteiger partial charge in [-0.3, -0.25) is 4.99 Å². The second kappa shape index (κ2) is 6.13. The zero-order valence-electron chi connectivity index (χ0n) is 14.1. The maximum absolute atomic E-state index is 10.1. The molecule has 0 amide bonds. The third-order valence-corrected chi connectivity index (χ3v) is 5.25. The van der Waals surface area contributed by atoms with Crippen molar-refractivity contribution in [1.29, 1.82) is 0 Å². The van der Waals surface area contributed by atoms with Gasteiger partial charge in [0.2, 0.25) is 0 Å². The molecule has 1 aliphatic heterocycles. The lowest BCUT2D eigenvalue weighted by molar-refractivity contribution is -0.188. The Hall–Kier alpha value is -0.810. The molecule has 0 aromatic rings. The fourth-order valence-electron chi connectivity index (χ4n) is 3.56. The second-order valence-electron chi connectivity index (χ2n) is 7.32. The van der Waals surface area contributed by atoms with Crippen molar-refractivity contribution >= 4 is 5.96 Å². The summed E-state index contributed by atoms with van der Waals surface area (Å²) in [6.45, 7) is 9.73. The Labute approximate surface area is 128 Å². The summed E-state index contributed by atoms with van der Waals surface area (Å²) < 4.78 is 5.93. The smallest absolute Gasteiger partial charge is 0.191 e. The van der Waals surface area contributed by atoms with Crippen molar-refractivity contribution in [3.63, 3.8) is 0 Å². The summed E-state index contributed by atoms with van der Waals surface area (Å²) in [6, 6.07) is 0.376. The summed E-state index contributed by atoms with van der Waals surface area (Å²) in [4.78, 5) is 4.29. The van der Waals surface area contributed by atoms with Gasteiger partial charge in [-0.05, 0) is 26.2 Å². The molecule has 0 aromatic carbocycles. The monoisotopic (exact) mass is 297 g/mol. The maximum atomic E-state index is 10.1. The second-order valence-corrected chi connectivity index (χ2v) is 7.32. The van der Waals surface area contributed by atoms with E-state index in [0.29, 0.717) is 31.0 Å². The molecule has 1 aliphatic carbocycles. The summed E-state index contributed by atoms with van der Waals surface area (Å²) >= 11 is 0. The van der Waals surface area contributed by atoms with Crippen LogP contribution in [0.3, 0.4) is 0 Å². The molecule has 5 nitrogen and oxygen atoms in total. The van der Waals surface area contributed by atoms with Crippen LogP contribution in [0.25, 0.3) is 0 Å². The van der Waals surface area contributed by atoms with Gasteiger partial charge in [-0.1, -0.05) is 20.8 Å². The number of aliphatic hydroxyl groups is 1. The van der Waals surface area contributed by atoms with E-state index >= 15 is 0 Å². The van der Waals surface area contributed by atoms with Crippen LogP contribution in [0.4, 0.5) is 0 Å². The Bertz CT molecular complexity index is 393. The van der Waals surface area contributed by atoms with Gasteiger partial charge in [0.25, 0.3) is 0 Å². The quantitative estimate of drug-likeness (QED) is 0.544. The van der Waals surface area contributed by atoms with Gasteiger partial charge in [-0.25, -0.2) is 0 Å². The third-order valence-electron chi connectivity index (χ3n) is 5.25. The fraction of sp³-hybridized carbons (Fsp3) is 0.938. The van der Waals surface area contributed by atoms with Crippen molar-refractivity contribution in [3.05, 3.63) is 0 Å². The maximum Gasteiger partial charge on any atom is 0.191 e. The van der Waals surface area contributed by atoms with Gasteiger partial charge in [-0.2, -0.15) is 0 Å². The van der Waals surface area contributed by atoms with Crippen LogP contribution in [0.1, 0.15) is 47.0 Å². The van der Waals surface area contributed by atoms with Gasteiger partial charge in [0, 0.05) is 37.6 Å². The molecule has 0 radical (unpaired) electrons. The van der Waals surface area contributed by atoms with Crippen LogP contribution in [0.2, 0.25) is 0 Å². The van der Waals surface area contributed by atoms with E-state index in [4.69, 9.17) is 4.74 Å². The number of fused-ring (bicyclic) bond motifs is 1. The Balaban J connectivity index is 1.93. The van der Waals surface area contributed by atoms with Crippen molar-refractivity contribution in [2.45, 2.75) is 64.7 Å². The van der Waals surface area contributed by atoms with E-state index in [1.165, 1.54) is 6.42 Å². The first-order chi connectivity index (χ1) is 9.81. The van der Waals surface area contributed by atoms with E-state index in [9.17, 15) is 5.11 Å². The lowest BCUT2D eigenvalue weighted by Crippen LogP contribution is -2.71. The number of nitrogens with one attached hydrogen (secondary N) is 2. The summed E-state index contributed by atoms with van der Waals surface area (Å²) in [5.41, 5.74) is -0.584. The average Bonchev–Trinajstić information content (AvgIpc) is 2.47. The predicted molar refractivity (Wildman–Crippen MR) is 85.4 cm³/mol. The lowest BCUT2D eigenvalue weighted by Gasteiger charge is -2.60. The molecule has 0 aromatic heterocycles. The highest BCUT2D eigenvalue weighted by atomic mass is 16.5. The van der Waals surface area contributed by atoms with Crippen molar-refractivity contribution in [2.24, 2.45) is 16.3 Å². The molecule has 4 unspecified atom stereocenters. The number of hydrogen-bond acceptors (Lipinski definition) is 3. The van der Waals surface area contributed by atoms with E-state index in [2.05, 4.69) is 29.5 Å². The van der Waals surface area contributed by atoms with E-state index in [1.54, 1.807) is 7.05 Å². The van der Waals surface area contributed by atoms with Gasteiger partial charge in [-0.15, -0.1) is 0 Å². The summed E-state index contributed by atoms with van der Waals surface area (Å²) in [5, 5.41) is 16.9. The van der Waals surface area contributed by atoms with Gasteiger partial charge < -0.3 is 20.5 Å². The number of hydrogen-bond donors (Lipinski definition) is 3. The minimum Gasteiger partial charge on any atom is -0.388 e. The zero-order chi connectivity index (χ0) is 15.7. The molecule has 3 N–H and O–H groups in total. The van der Waals surface area contributed by atoms with Crippen molar-refractivity contribution in [3.8, 4) is 0 Å². The molecule has 5 heteroatoms. The average molecular weight is 297 g/mol. The number of rotatable bonds is 4. The van der Waals surface area contributed by atoms with Crippen LogP contribution in [0.15, 0.2) is 4.99 Å². The van der Waals surface area contributed by atoms with E-state index in [0.717, 1.165) is 19.0 Å². The molecule has 4 atom stereocenters. The zero-order valence-corrected chi connectivity index (χ0v) is 14.1. The largest absolute Gasteiger partial charge is 0.388 e. The van der Waals surface area contributed by atoms with Crippen molar-refractivity contribution in [2.75, 3.05) is 20.2 Å². The van der Waals surface area contributed by atoms with E-state index in [-0.39, 0.29) is 5.41 Å². The number of nitrogens with zero attached hydrogens (tertiary/aromatic N) is 1. The molecule has 2 fully saturated rings. The van der Waals surface area contributed by atoms with Crippen LogP contribution in [-0.4, -0.2) is 49.0 Å².